The summed E-state index contributed by atoms with van der Waals surface area (Å²) in [6.07, 6.45) is 0. The average Bonchev–Trinajstić information content (AvgIpc) is 2.61. The Morgan fingerprint density at radius 1 is 1.31 bits per heavy atom. The highest BCUT2D eigenvalue weighted by molar-refractivity contribution is 14.1. The second-order valence-electron chi connectivity index (χ2n) is 3.95. The van der Waals surface area contributed by atoms with E-state index >= 15 is 0 Å². The van der Waals surface area contributed by atoms with E-state index in [1.54, 1.807) is 0 Å². The van der Waals surface area contributed by atoms with Gasteiger partial charge in [-0.15, -0.1) is 0 Å². The summed E-state index contributed by atoms with van der Waals surface area (Å²) in [5, 5.41) is 3.85. The summed E-state index contributed by atoms with van der Waals surface area (Å²) in [6, 6.07) is 8.05. The van der Waals surface area contributed by atoms with Gasteiger partial charge >= 0.3 is 0 Å². The Labute approximate surface area is 108 Å². The Balaban J connectivity index is 2.61. The molecule has 0 saturated carbocycles. The highest BCUT2D eigenvalue weighted by Crippen LogP contribution is 2.35. The predicted octanol–water partition coefficient (Wildman–Crippen LogP) is 3.65. The highest BCUT2D eigenvalue weighted by atomic mass is 127. The molecule has 0 aliphatic rings. The SMILES string of the molecule is CC(C)c1c(N)noc1-c1ccccc1I. The van der Waals surface area contributed by atoms with Crippen molar-refractivity contribution in [3.05, 3.63) is 33.4 Å². The third-order valence-corrected chi connectivity index (χ3v) is 3.39. The van der Waals surface area contributed by atoms with E-state index in [0.717, 1.165) is 20.5 Å². The molecule has 3 nitrogen and oxygen atoms in total. The Hall–Kier alpha value is -1.04. The molecule has 0 radical (unpaired) electrons. The third-order valence-electron chi connectivity index (χ3n) is 2.45. The van der Waals surface area contributed by atoms with E-state index in [4.69, 9.17) is 10.3 Å². The molecule has 0 spiro atoms. The molecule has 1 aromatic heterocycles. The fourth-order valence-electron chi connectivity index (χ4n) is 1.71. The van der Waals surface area contributed by atoms with Crippen molar-refractivity contribution in [2.24, 2.45) is 0 Å². The molecule has 1 heterocycles. The fraction of sp³-hybridized carbons (Fsp3) is 0.250. The van der Waals surface area contributed by atoms with Crippen LogP contribution < -0.4 is 5.73 Å². The molecule has 0 fully saturated rings. The number of nitrogen functional groups attached to an aromatic ring is 1. The van der Waals surface area contributed by atoms with Gasteiger partial charge in [-0.2, -0.15) is 0 Å². The van der Waals surface area contributed by atoms with Crippen LogP contribution in [0, 0.1) is 3.57 Å². The Morgan fingerprint density at radius 2 is 2.00 bits per heavy atom. The lowest BCUT2D eigenvalue weighted by Crippen LogP contribution is -1.95. The summed E-state index contributed by atoms with van der Waals surface area (Å²) in [4.78, 5) is 0. The van der Waals surface area contributed by atoms with Crippen LogP contribution in [0.1, 0.15) is 25.3 Å². The molecular formula is C12H13IN2O. The van der Waals surface area contributed by atoms with Crippen molar-refractivity contribution < 1.29 is 4.52 Å². The Morgan fingerprint density at radius 3 is 2.62 bits per heavy atom. The van der Waals surface area contributed by atoms with Gasteiger partial charge in [-0.05, 0) is 34.6 Å². The van der Waals surface area contributed by atoms with E-state index in [-0.39, 0.29) is 0 Å². The number of halogens is 1. The first kappa shape index (κ1) is 11.4. The summed E-state index contributed by atoms with van der Waals surface area (Å²) in [7, 11) is 0. The molecular weight excluding hydrogens is 315 g/mol. The first-order valence-electron chi connectivity index (χ1n) is 5.11. The maximum absolute atomic E-state index is 5.82. The number of benzene rings is 1. The van der Waals surface area contributed by atoms with E-state index in [9.17, 15) is 0 Å². The monoisotopic (exact) mass is 328 g/mol. The number of nitrogens with zero attached hydrogens (tertiary/aromatic N) is 1. The number of rotatable bonds is 2. The van der Waals surface area contributed by atoms with Crippen LogP contribution in [0.2, 0.25) is 0 Å². The van der Waals surface area contributed by atoms with Crippen molar-refractivity contribution in [2.75, 3.05) is 5.73 Å². The van der Waals surface area contributed by atoms with Crippen molar-refractivity contribution in [1.29, 1.82) is 0 Å². The van der Waals surface area contributed by atoms with Gasteiger partial charge < -0.3 is 10.3 Å². The van der Waals surface area contributed by atoms with E-state index in [1.165, 1.54) is 0 Å². The summed E-state index contributed by atoms with van der Waals surface area (Å²) in [6.45, 7) is 4.17. The van der Waals surface area contributed by atoms with Crippen LogP contribution in [0.15, 0.2) is 28.8 Å². The lowest BCUT2D eigenvalue weighted by molar-refractivity contribution is 0.434. The van der Waals surface area contributed by atoms with E-state index in [0.29, 0.717) is 11.7 Å². The lowest BCUT2D eigenvalue weighted by Gasteiger charge is -2.06. The fourth-order valence-corrected chi connectivity index (χ4v) is 2.34. The number of nitrogens with two attached hydrogens (primary N) is 1. The molecule has 84 valence electrons. The van der Waals surface area contributed by atoms with Gasteiger partial charge in [0.2, 0.25) is 0 Å². The minimum Gasteiger partial charge on any atom is -0.381 e. The van der Waals surface area contributed by atoms with E-state index in [2.05, 4.69) is 41.6 Å². The van der Waals surface area contributed by atoms with Crippen LogP contribution >= 0.6 is 22.6 Å². The molecule has 1 aromatic carbocycles. The van der Waals surface area contributed by atoms with Crippen LogP contribution in [-0.4, -0.2) is 5.16 Å². The molecule has 0 saturated heterocycles. The van der Waals surface area contributed by atoms with Crippen molar-refractivity contribution in [3.63, 3.8) is 0 Å². The Bertz CT molecular complexity index is 505. The van der Waals surface area contributed by atoms with Crippen LogP contribution in [0.3, 0.4) is 0 Å². The molecule has 2 N–H and O–H groups in total. The smallest absolute Gasteiger partial charge is 0.173 e. The third kappa shape index (κ3) is 1.93. The van der Waals surface area contributed by atoms with Crippen molar-refractivity contribution in [3.8, 4) is 11.3 Å². The highest BCUT2D eigenvalue weighted by Gasteiger charge is 2.19. The van der Waals surface area contributed by atoms with Crippen LogP contribution in [0.5, 0.6) is 0 Å². The van der Waals surface area contributed by atoms with Gasteiger partial charge in [-0.1, -0.05) is 37.2 Å². The summed E-state index contributed by atoms with van der Waals surface area (Å²) in [5.74, 6) is 1.58. The number of hydrogen-bond acceptors (Lipinski definition) is 3. The molecule has 0 bridgehead atoms. The second-order valence-corrected chi connectivity index (χ2v) is 5.11. The number of hydrogen-bond donors (Lipinski definition) is 1. The number of aromatic nitrogens is 1. The largest absolute Gasteiger partial charge is 0.381 e. The average molecular weight is 328 g/mol. The van der Waals surface area contributed by atoms with Gasteiger partial charge in [0.1, 0.15) is 0 Å². The predicted molar refractivity (Wildman–Crippen MR) is 73.2 cm³/mol. The lowest BCUT2D eigenvalue weighted by atomic mass is 9.99. The zero-order valence-electron chi connectivity index (χ0n) is 9.20. The zero-order valence-corrected chi connectivity index (χ0v) is 11.4. The molecule has 0 unspecified atom stereocenters. The number of anilines is 1. The zero-order chi connectivity index (χ0) is 11.7. The molecule has 0 aliphatic carbocycles. The van der Waals surface area contributed by atoms with Gasteiger partial charge in [-0.3, -0.25) is 0 Å². The van der Waals surface area contributed by atoms with E-state index < -0.39 is 0 Å². The Kier molecular flexibility index (Phi) is 3.18. The molecule has 4 heteroatoms. The van der Waals surface area contributed by atoms with Gasteiger partial charge in [0, 0.05) is 14.7 Å². The molecule has 0 aliphatic heterocycles. The van der Waals surface area contributed by atoms with Gasteiger partial charge in [-0.25, -0.2) is 0 Å². The first-order chi connectivity index (χ1) is 7.61. The molecule has 16 heavy (non-hydrogen) atoms. The maximum atomic E-state index is 5.82. The summed E-state index contributed by atoms with van der Waals surface area (Å²) >= 11 is 2.28. The minimum atomic E-state index is 0.303. The second kappa shape index (κ2) is 4.45. The van der Waals surface area contributed by atoms with Gasteiger partial charge in [0.25, 0.3) is 0 Å². The quantitative estimate of drug-likeness (QED) is 0.856. The maximum Gasteiger partial charge on any atom is 0.173 e. The van der Waals surface area contributed by atoms with Gasteiger partial charge in [0.15, 0.2) is 11.6 Å². The first-order valence-corrected chi connectivity index (χ1v) is 6.19. The molecule has 2 rings (SSSR count). The topological polar surface area (TPSA) is 52.0 Å². The van der Waals surface area contributed by atoms with Crippen LogP contribution in [0.4, 0.5) is 5.82 Å². The van der Waals surface area contributed by atoms with Crippen LogP contribution in [0.25, 0.3) is 11.3 Å². The van der Waals surface area contributed by atoms with Gasteiger partial charge in [0.05, 0.1) is 0 Å². The standard InChI is InChI=1S/C12H13IN2O/c1-7(2)10-11(16-15-12(10)14)8-5-3-4-6-9(8)13/h3-7H,1-2H3,(H2,14,15). The summed E-state index contributed by atoms with van der Waals surface area (Å²) in [5.41, 5.74) is 7.86. The van der Waals surface area contributed by atoms with Crippen molar-refractivity contribution >= 4 is 28.4 Å². The normalized spacial score (nSPS) is 11.0. The van der Waals surface area contributed by atoms with Crippen molar-refractivity contribution in [1.82, 2.24) is 5.16 Å². The molecule has 0 atom stereocenters. The minimum absolute atomic E-state index is 0.303. The van der Waals surface area contributed by atoms with Crippen LogP contribution in [-0.2, 0) is 0 Å². The summed E-state index contributed by atoms with van der Waals surface area (Å²) < 4.78 is 6.48. The molecule has 0 amide bonds. The molecule has 2 aromatic rings. The van der Waals surface area contributed by atoms with Crippen molar-refractivity contribution in [2.45, 2.75) is 19.8 Å². The van der Waals surface area contributed by atoms with E-state index in [1.807, 2.05) is 24.3 Å².